The van der Waals surface area contributed by atoms with Crippen LogP contribution in [-0.4, -0.2) is 29.1 Å². The standard InChI is InChI=1S/C14H17BrN2O3/c1-2-14(6-3-7-16-14)13(20)17-9-4-5-11(15)10(8-9)12(18)19/h4-5,8,16H,2-3,6-7H2,1H3,(H,17,20)(H,18,19). The number of rotatable bonds is 4. The average Bonchev–Trinajstić information content (AvgIpc) is 2.90. The SMILES string of the molecule is CCC1(C(=O)Nc2ccc(Br)c(C(=O)O)c2)CCCN1. The van der Waals surface area contributed by atoms with E-state index in [1.807, 2.05) is 6.92 Å². The van der Waals surface area contributed by atoms with Crippen molar-refractivity contribution in [3.63, 3.8) is 0 Å². The number of nitrogens with one attached hydrogen (secondary N) is 2. The van der Waals surface area contributed by atoms with Crippen molar-refractivity contribution in [3.8, 4) is 0 Å². The lowest BCUT2D eigenvalue weighted by molar-refractivity contribution is -0.122. The number of anilines is 1. The molecule has 6 heteroatoms. The highest BCUT2D eigenvalue weighted by Gasteiger charge is 2.39. The van der Waals surface area contributed by atoms with E-state index in [-0.39, 0.29) is 11.5 Å². The quantitative estimate of drug-likeness (QED) is 0.787. The van der Waals surface area contributed by atoms with Crippen LogP contribution in [0.25, 0.3) is 0 Å². The molecule has 1 unspecified atom stereocenters. The third-order valence-electron chi connectivity index (χ3n) is 3.74. The lowest BCUT2D eigenvalue weighted by atomic mass is 9.93. The van der Waals surface area contributed by atoms with Crippen LogP contribution < -0.4 is 10.6 Å². The van der Waals surface area contributed by atoms with E-state index >= 15 is 0 Å². The number of carboxylic acids is 1. The molecule has 108 valence electrons. The molecule has 3 N–H and O–H groups in total. The largest absolute Gasteiger partial charge is 0.478 e. The number of carbonyl (C=O) groups excluding carboxylic acids is 1. The van der Waals surface area contributed by atoms with Gasteiger partial charge in [-0.2, -0.15) is 0 Å². The van der Waals surface area contributed by atoms with Gasteiger partial charge in [-0.1, -0.05) is 6.92 Å². The van der Waals surface area contributed by atoms with Crippen molar-refractivity contribution in [2.75, 3.05) is 11.9 Å². The first kappa shape index (κ1) is 15.0. The van der Waals surface area contributed by atoms with Crippen molar-refractivity contribution in [1.82, 2.24) is 5.32 Å². The van der Waals surface area contributed by atoms with Crippen LogP contribution in [0.1, 0.15) is 36.5 Å². The van der Waals surface area contributed by atoms with Crippen LogP contribution >= 0.6 is 15.9 Å². The van der Waals surface area contributed by atoms with E-state index in [1.54, 1.807) is 12.1 Å². The Labute approximate surface area is 125 Å². The molecule has 0 saturated carbocycles. The van der Waals surface area contributed by atoms with Crippen LogP contribution in [0.15, 0.2) is 22.7 Å². The van der Waals surface area contributed by atoms with Gasteiger partial charge in [0.15, 0.2) is 0 Å². The normalized spacial score (nSPS) is 21.7. The molecule has 0 bridgehead atoms. The summed E-state index contributed by atoms with van der Waals surface area (Å²) in [6, 6.07) is 4.77. The van der Waals surface area contributed by atoms with E-state index in [1.165, 1.54) is 6.07 Å². The minimum Gasteiger partial charge on any atom is -0.478 e. The summed E-state index contributed by atoms with van der Waals surface area (Å²) in [5.41, 5.74) is 0.0982. The van der Waals surface area contributed by atoms with Crippen LogP contribution in [-0.2, 0) is 4.79 Å². The number of halogens is 1. The first-order valence-corrected chi connectivity index (χ1v) is 7.37. The van der Waals surface area contributed by atoms with Gasteiger partial charge in [0, 0.05) is 10.2 Å². The molecule has 1 atom stereocenters. The van der Waals surface area contributed by atoms with Crippen LogP contribution in [0, 0.1) is 0 Å². The van der Waals surface area contributed by atoms with Crippen molar-refractivity contribution >= 4 is 33.5 Å². The van der Waals surface area contributed by atoms with E-state index in [2.05, 4.69) is 26.6 Å². The van der Waals surface area contributed by atoms with Gasteiger partial charge in [-0.15, -0.1) is 0 Å². The topological polar surface area (TPSA) is 78.4 Å². The van der Waals surface area contributed by atoms with Gasteiger partial charge in [0.1, 0.15) is 0 Å². The van der Waals surface area contributed by atoms with Gasteiger partial charge in [-0.05, 0) is 59.9 Å². The van der Waals surface area contributed by atoms with Crippen molar-refractivity contribution in [2.45, 2.75) is 31.7 Å². The first-order chi connectivity index (χ1) is 9.48. The maximum atomic E-state index is 12.4. The van der Waals surface area contributed by atoms with Gasteiger partial charge in [0.05, 0.1) is 11.1 Å². The predicted molar refractivity (Wildman–Crippen MR) is 80.0 cm³/mol. The Morgan fingerprint density at radius 1 is 1.50 bits per heavy atom. The fourth-order valence-corrected chi connectivity index (χ4v) is 2.90. The van der Waals surface area contributed by atoms with Crippen LogP contribution in [0.3, 0.4) is 0 Å². The number of carbonyl (C=O) groups is 2. The summed E-state index contributed by atoms with van der Waals surface area (Å²) in [5, 5.41) is 15.1. The number of hydrogen-bond donors (Lipinski definition) is 3. The number of benzene rings is 1. The highest BCUT2D eigenvalue weighted by Crippen LogP contribution is 2.26. The Morgan fingerprint density at radius 3 is 2.80 bits per heavy atom. The molecule has 0 aliphatic carbocycles. The molecule has 2 rings (SSSR count). The van der Waals surface area contributed by atoms with Crippen molar-refractivity contribution in [3.05, 3.63) is 28.2 Å². The molecule has 1 fully saturated rings. The van der Waals surface area contributed by atoms with Crippen molar-refractivity contribution < 1.29 is 14.7 Å². The fraction of sp³-hybridized carbons (Fsp3) is 0.429. The molecule has 0 spiro atoms. The van der Waals surface area contributed by atoms with E-state index in [0.29, 0.717) is 16.6 Å². The molecule has 1 aromatic rings. The number of amides is 1. The Bertz CT molecular complexity index is 539. The third-order valence-corrected chi connectivity index (χ3v) is 4.43. The molecule has 5 nitrogen and oxygen atoms in total. The lowest BCUT2D eigenvalue weighted by Gasteiger charge is -2.26. The Hall–Kier alpha value is -1.40. The molecule has 1 amide bonds. The fourth-order valence-electron chi connectivity index (χ4n) is 2.48. The molecule has 1 heterocycles. The highest BCUT2D eigenvalue weighted by atomic mass is 79.9. The molecule has 20 heavy (non-hydrogen) atoms. The molecular weight excluding hydrogens is 324 g/mol. The number of carboxylic acid groups (broad SMARTS) is 1. The average molecular weight is 341 g/mol. The predicted octanol–water partition coefficient (Wildman–Crippen LogP) is 2.62. The Kier molecular flexibility index (Phi) is 4.45. The van der Waals surface area contributed by atoms with Gasteiger partial charge < -0.3 is 15.7 Å². The summed E-state index contributed by atoms with van der Waals surface area (Å²) in [7, 11) is 0. The van der Waals surface area contributed by atoms with Crippen molar-refractivity contribution in [2.24, 2.45) is 0 Å². The van der Waals surface area contributed by atoms with Crippen LogP contribution in [0.4, 0.5) is 5.69 Å². The lowest BCUT2D eigenvalue weighted by Crippen LogP contribution is -2.50. The van der Waals surface area contributed by atoms with Crippen LogP contribution in [0.2, 0.25) is 0 Å². The minimum absolute atomic E-state index is 0.101. The second kappa shape index (κ2) is 5.93. The number of aromatic carboxylic acids is 1. The zero-order valence-electron chi connectivity index (χ0n) is 11.2. The zero-order chi connectivity index (χ0) is 14.8. The molecular formula is C14H17BrN2O3. The second-order valence-electron chi connectivity index (χ2n) is 4.92. The third kappa shape index (κ3) is 2.86. The second-order valence-corrected chi connectivity index (χ2v) is 5.77. The zero-order valence-corrected chi connectivity index (χ0v) is 12.8. The van der Waals surface area contributed by atoms with Crippen molar-refractivity contribution in [1.29, 1.82) is 0 Å². The van der Waals surface area contributed by atoms with Gasteiger partial charge in [0.2, 0.25) is 5.91 Å². The van der Waals surface area contributed by atoms with Gasteiger partial charge in [-0.3, -0.25) is 4.79 Å². The summed E-state index contributed by atoms with van der Waals surface area (Å²) in [6.45, 7) is 2.81. The molecule has 0 radical (unpaired) electrons. The Morgan fingerprint density at radius 2 is 2.25 bits per heavy atom. The minimum atomic E-state index is -1.03. The molecule has 1 saturated heterocycles. The first-order valence-electron chi connectivity index (χ1n) is 6.58. The van der Waals surface area contributed by atoms with Gasteiger partial charge in [0.25, 0.3) is 0 Å². The molecule has 1 aromatic carbocycles. The smallest absolute Gasteiger partial charge is 0.336 e. The maximum Gasteiger partial charge on any atom is 0.336 e. The van der Waals surface area contributed by atoms with E-state index in [0.717, 1.165) is 19.4 Å². The van der Waals surface area contributed by atoms with Gasteiger partial charge >= 0.3 is 5.97 Å². The summed E-state index contributed by atoms with van der Waals surface area (Å²) in [6.07, 6.45) is 2.49. The summed E-state index contributed by atoms with van der Waals surface area (Å²) >= 11 is 3.18. The molecule has 1 aliphatic rings. The Balaban J connectivity index is 2.19. The summed E-state index contributed by atoms with van der Waals surface area (Å²) in [4.78, 5) is 23.5. The highest BCUT2D eigenvalue weighted by molar-refractivity contribution is 9.10. The maximum absolute atomic E-state index is 12.4. The van der Waals surface area contributed by atoms with Crippen LogP contribution in [0.5, 0.6) is 0 Å². The molecule has 1 aliphatic heterocycles. The monoisotopic (exact) mass is 340 g/mol. The summed E-state index contributed by atoms with van der Waals surface area (Å²) < 4.78 is 0.493. The molecule has 0 aromatic heterocycles. The number of hydrogen-bond acceptors (Lipinski definition) is 3. The van der Waals surface area contributed by atoms with E-state index in [9.17, 15) is 9.59 Å². The van der Waals surface area contributed by atoms with E-state index in [4.69, 9.17) is 5.11 Å². The van der Waals surface area contributed by atoms with E-state index < -0.39 is 11.5 Å². The van der Waals surface area contributed by atoms with Gasteiger partial charge in [-0.25, -0.2) is 4.79 Å². The summed E-state index contributed by atoms with van der Waals surface area (Å²) in [5.74, 6) is -1.13.